The van der Waals surface area contributed by atoms with Crippen LogP contribution in [-0.4, -0.2) is 49.7 Å². The first-order valence-electron chi connectivity index (χ1n) is 5.28. The number of nitrogens with one attached hydrogen (secondary N) is 1. The van der Waals surface area contributed by atoms with E-state index in [1.54, 1.807) is 7.11 Å². The summed E-state index contributed by atoms with van der Waals surface area (Å²) < 4.78 is 15.0. The lowest BCUT2D eigenvalue weighted by Crippen LogP contribution is -2.10. The van der Waals surface area contributed by atoms with Crippen LogP contribution in [-0.2, 0) is 14.2 Å². The van der Waals surface area contributed by atoms with Crippen LogP contribution in [0.2, 0.25) is 0 Å². The van der Waals surface area contributed by atoms with Crippen molar-refractivity contribution >= 4 is 11.8 Å². The predicted molar refractivity (Wildman–Crippen MR) is 60.6 cm³/mol. The van der Waals surface area contributed by atoms with Crippen LogP contribution >= 0.6 is 0 Å². The monoisotopic (exact) mass is 243 g/mol. The fraction of sp³-hybridized carbons (Fsp3) is 0.600. The first-order chi connectivity index (χ1) is 8.24. The standard InChI is InChI=1S/C10H17N3O4/c1-15-5-6-16-3-2-4-17-10(14)8-7-9(11)13-12-8/h7H,2-6H2,1H3,(H3,11,12,13). The van der Waals surface area contributed by atoms with Gasteiger partial charge in [0, 0.05) is 26.2 Å². The molecule has 0 unspecified atom stereocenters. The zero-order valence-corrected chi connectivity index (χ0v) is 9.77. The van der Waals surface area contributed by atoms with Crippen molar-refractivity contribution in [2.45, 2.75) is 6.42 Å². The molecule has 0 fully saturated rings. The van der Waals surface area contributed by atoms with E-state index in [0.717, 1.165) is 0 Å². The highest BCUT2D eigenvalue weighted by Crippen LogP contribution is 2.02. The van der Waals surface area contributed by atoms with Crippen molar-refractivity contribution in [3.63, 3.8) is 0 Å². The summed E-state index contributed by atoms with van der Waals surface area (Å²) in [6.07, 6.45) is 0.638. The van der Waals surface area contributed by atoms with E-state index >= 15 is 0 Å². The summed E-state index contributed by atoms with van der Waals surface area (Å²) >= 11 is 0. The van der Waals surface area contributed by atoms with Crippen molar-refractivity contribution in [3.8, 4) is 0 Å². The number of rotatable bonds is 8. The van der Waals surface area contributed by atoms with Crippen molar-refractivity contribution in [2.24, 2.45) is 0 Å². The van der Waals surface area contributed by atoms with Gasteiger partial charge in [0.25, 0.3) is 0 Å². The summed E-state index contributed by atoms with van der Waals surface area (Å²) in [6, 6.07) is 1.43. The molecule has 0 amide bonds. The van der Waals surface area contributed by atoms with Gasteiger partial charge in [-0.25, -0.2) is 4.79 Å². The van der Waals surface area contributed by atoms with E-state index in [1.165, 1.54) is 6.07 Å². The Morgan fingerprint density at radius 2 is 2.24 bits per heavy atom. The molecule has 3 N–H and O–H groups in total. The second-order valence-corrected chi connectivity index (χ2v) is 3.30. The Bertz CT molecular complexity index is 340. The molecule has 0 saturated heterocycles. The number of aromatic amines is 1. The Morgan fingerprint density at radius 1 is 1.41 bits per heavy atom. The molecule has 0 aromatic carbocycles. The summed E-state index contributed by atoms with van der Waals surface area (Å²) in [5.74, 6) is -0.203. The Hall–Kier alpha value is -1.60. The number of nitrogens with two attached hydrogens (primary N) is 1. The molecular weight excluding hydrogens is 226 g/mol. The van der Waals surface area contributed by atoms with E-state index in [0.29, 0.717) is 32.8 Å². The molecule has 0 atom stereocenters. The van der Waals surface area contributed by atoms with Crippen molar-refractivity contribution in [1.29, 1.82) is 0 Å². The maximum atomic E-state index is 11.4. The maximum absolute atomic E-state index is 11.4. The Kier molecular flexibility index (Phi) is 6.05. The summed E-state index contributed by atoms with van der Waals surface area (Å²) in [4.78, 5) is 11.4. The average Bonchev–Trinajstić information content (AvgIpc) is 2.74. The number of aromatic nitrogens is 2. The molecule has 0 aliphatic rings. The fourth-order valence-electron chi connectivity index (χ4n) is 1.09. The highest BCUT2D eigenvalue weighted by Gasteiger charge is 2.09. The predicted octanol–water partition coefficient (Wildman–Crippen LogP) is 0.202. The normalized spacial score (nSPS) is 10.4. The molecule has 7 heteroatoms. The molecule has 0 bridgehead atoms. The highest BCUT2D eigenvalue weighted by atomic mass is 16.5. The first-order valence-corrected chi connectivity index (χ1v) is 5.28. The molecule has 17 heavy (non-hydrogen) atoms. The third kappa shape index (κ3) is 5.32. The van der Waals surface area contributed by atoms with E-state index in [-0.39, 0.29) is 11.5 Å². The number of esters is 1. The summed E-state index contributed by atoms with van der Waals surface area (Å²) in [7, 11) is 1.61. The molecule has 0 saturated carbocycles. The number of anilines is 1. The molecule has 1 heterocycles. The van der Waals surface area contributed by atoms with E-state index in [9.17, 15) is 4.79 Å². The van der Waals surface area contributed by atoms with E-state index in [4.69, 9.17) is 19.9 Å². The van der Waals surface area contributed by atoms with Crippen LogP contribution in [0.3, 0.4) is 0 Å². The Balaban J connectivity index is 2.05. The van der Waals surface area contributed by atoms with Gasteiger partial charge in [-0.3, -0.25) is 5.10 Å². The van der Waals surface area contributed by atoms with Gasteiger partial charge in [-0.05, 0) is 0 Å². The molecule has 1 aromatic heterocycles. The molecule has 0 spiro atoms. The van der Waals surface area contributed by atoms with Gasteiger partial charge in [0.2, 0.25) is 0 Å². The lowest BCUT2D eigenvalue weighted by Gasteiger charge is -2.04. The third-order valence-corrected chi connectivity index (χ3v) is 1.92. The quantitative estimate of drug-likeness (QED) is 0.500. The number of nitrogens with zero attached hydrogens (tertiary/aromatic N) is 1. The van der Waals surface area contributed by atoms with Gasteiger partial charge in [-0.1, -0.05) is 0 Å². The Morgan fingerprint density at radius 3 is 2.88 bits per heavy atom. The molecule has 0 aliphatic carbocycles. The first kappa shape index (κ1) is 13.5. The number of carbonyl (C=O) groups is 1. The van der Waals surface area contributed by atoms with Crippen LogP contribution < -0.4 is 5.73 Å². The minimum atomic E-state index is -0.467. The van der Waals surface area contributed by atoms with Gasteiger partial charge in [0.1, 0.15) is 11.5 Å². The van der Waals surface area contributed by atoms with Crippen molar-refractivity contribution < 1.29 is 19.0 Å². The van der Waals surface area contributed by atoms with E-state index in [2.05, 4.69) is 10.2 Å². The van der Waals surface area contributed by atoms with E-state index < -0.39 is 5.97 Å². The van der Waals surface area contributed by atoms with Gasteiger partial charge in [-0.15, -0.1) is 0 Å². The summed E-state index contributed by atoms with van der Waals surface area (Å²) in [5, 5.41) is 6.11. The highest BCUT2D eigenvalue weighted by molar-refractivity contribution is 5.87. The van der Waals surface area contributed by atoms with E-state index in [1.807, 2.05) is 0 Å². The lowest BCUT2D eigenvalue weighted by atomic mass is 10.4. The number of carbonyl (C=O) groups excluding carboxylic acids is 1. The second-order valence-electron chi connectivity index (χ2n) is 3.30. The van der Waals surface area contributed by atoms with Crippen LogP contribution in [0.15, 0.2) is 6.07 Å². The SMILES string of the molecule is COCCOCCCOC(=O)c1cc(N)n[nH]1. The molecule has 96 valence electrons. The summed E-state index contributed by atoms with van der Waals surface area (Å²) in [6.45, 7) is 1.93. The molecule has 0 radical (unpaired) electrons. The van der Waals surface area contributed by atoms with Crippen LogP contribution in [0, 0.1) is 0 Å². The summed E-state index contributed by atoms with van der Waals surface area (Å²) in [5.41, 5.74) is 5.61. The molecule has 1 rings (SSSR count). The molecule has 1 aromatic rings. The number of ether oxygens (including phenoxy) is 3. The minimum Gasteiger partial charge on any atom is -0.461 e. The number of H-pyrrole nitrogens is 1. The number of methoxy groups -OCH3 is 1. The van der Waals surface area contributed by atoms with Crippen LogP contribution in [0.25, 0.3) is 0 Å². The van der Waals surface area contributed by atoms with Crippen LogP contribution in [0.4, 0.5) is 5.82 Å². The second kappa shape index (κ2) is 7.64. The van der Waals surface area contributed by atoms with Gasteiger partial charge < -0.3 is 19.9 Å². The molecule has 0 aliphatic heterocycles. The molecule has 7 nitrogen and oxygen atoms in total. The average molecular weight is 243 g/mol. The van der Waals surface area contributed by atoms with Crippen LogP contribution in [0.5, 0.6) is 0 Å². The van der Waals surface area contributed by atoms with Crippen molar-refractivity contribution in [2.75, 3.05) is 39.3 Å². The van der Waals surface area contributed by atoms with Gasteiger partial charge in [0.15, 0.2) is 0 Å². The maximum Gasteiger partial charge on any atom is 0.356 e. The van der Waals surface area contributed by atoms with Gasteiger partial charge in [0.05, 0.1) is 19.8 Å². The topological polar surface area (TPSA) is 99.5 Å². The number of hydrogen-bond acceptors (Lipinski definition) is 6. The van der Waals surface area contributed by atoms with Crippen LogP contribution in [0.1, 0.15) is 16.9 Å². The lowest BCUT2D eigenvalue weighted by molar-refractivity contribution is 0.0380. The van der Waals surface area contributed by atoms with Gasteiger partial charge >= 0.3 is 5.97 Å². The zero-order valence-electron chi connectivity index (χ0n) is 9.77. The van der Waals surface area contributed by atoms with Crippen molar-refractivity contribution in [1.82, 2.24) is 10.2 Å². The van der Waals surface area contributed by atoms with Crippen molar-refractivity contribution in [3.05, 3.63) is 11.8 Å². The number of nitrogen functional groups attached to an aromatic ring is 1. The van der Waals surface area contributed by atoms with Gasteiger partial charge in [-0.2, -0.15) is 5.10 Å². The molecular formula is C10H17N3O4. The smallest absolute Gasteiger partial charge is 0.356 e. The third-order valence-electron chi connectivity index (χ3n) is 1.92. The largest absolute Gasteiger partial charge is 0.461 e. The minimum absolute atomic E-state index is 0.253. The Labute approximate surface area is 99.2 Å². The fourth-order valence-corrected chi connectivity index (χ4v) is 1.09. The number of hydrogen-bond donors (Lipinski definition) is 2. The zero-order chi connectivity index (χ0) is 12.5.